The number of nitrogens with zero attached hydrogens (tertiary/aromatic N) is 3. The standard InChI is InChI=1S/C18H22N4O4/c1-18(2,3)26-17(25)21-14(15(23)24)12-22(13-8-5-4-6-9-13)16-19-10-7-11-20-16/h4-11,14H,12H2,1-3H3,(H,21,25)(H,23,24)/t14-/m0/s1. The van der Waals surface area contributed by atoms with Crippen molar-refractivity contribution in [3.8, 4) is 0 Å². The van der Waals surface area contributed by atoms with Gasteiger partial charge in [-0.05, 0) is 39.0 Å². The fraction of sp³-hybridized carbons (Fsp3) is 0.333. The Hall–Kier alpha value is -3.16. The van der Waals surface area contributed by atoms with Crippen LogP contribution in [0.15, 0.2) is 48.8 Å². The number of carbonyl (C=O) groups excluding carboxylic acids is 1. The summed E-state index contributed by atoms with van der Waals surface area (Å²) in [6.07, 6.45) is 2.33. The van der Waals surface area contributed by atoms with Gasteiger partial charge in [-0.1, -0.05) is 18.2 Å². The highest BCUT2D eigenvalue weighted by Crippen LogP contribution is 2.21. The molecule has 2 aromatic rings. The lowest BCUT2D eigenvalue weighted by Gasteiger charge is -2.27. The molecular formula is C18H22N4O4. The molecule has 0 saturated heterocycles. The highest BCUT2D eigenvalue weighted by molar-refractivity contribution is 5.81. The quantitative estimate of drug-likeness (QED) is 0.818. The molecule has 0 unspecified atom stereocenters. The van der Waals surface area contributed by atoms with Gasteiger partial charge in [0.05, 0.1) is 6.54 Å². The molecule has 0 aliphatic rings. The summed E-state index contributed by atoms with van der Waals surface area (Å²) in [4.78, 5) is 33.6. The average molecular weight is 358 g/mol. The predicted molar refractivity (Wildman–Crippen MR) is 96.3 cm³/mol. The van der Waals surface area contributed by atoms with E-state index in [1.165, 1.54) is 0 Å². The van der Waals surface area contributed by atoms with Gasteiger partial charge in [-0.25, -0.2) is 19.6 Å². The normalized spacial score (nSPS) is 12.1. The Morgan fingerprint density at radius 3 is 2.31 bits per heavy atom. The molecule has 1 aromatic heterocycles. The van der Waals surface area contributed by atoms with Crippen LogP contribution in [0.1, 0.15) is 20.8 Å². The van der Waals surface area contributed by atoms with Crippen molar-refractivity contribution >= 4 is 23.7 Å². The Morgan fingerprint density at radius 2 is 1.77 bits per heavy atom. The number of ether oxygens (including phenoxy) is 1. The number of carboxylic acids is 1. The van der Waals surface area contributed by atoms with Crippen molar-refractivity contribution in [1.82, 2.24) is 15.3 Å². The highest BCUT2D eigenvalue weighted by Gasteiger charge is 2.27. The Morgan fingerprint density at radius 1 is 1.15 bits per heavy atom. The number of hydrogen-bond acceptors (Lipinski definition) is 6. The fourth-order valence-electron chi connectivity index (χ4n) is 2.16. The molecule has 8 nitrogen and oxygen atoms in total. The fourth-order valence-corrected chi connectivity index (χ4v) is 2.16. The number of anilines is 2. The van der Waals surface area contributed by atoms with Crippen molar-refractivity contribution in [3.05, 3.63) is 48.8 Å². The van der Waals surface area contributed by atoms with Crippen LogP contribution >= 0.6 is 0 Å². The first-order valence-electron chi connectivity index (χ1n) is 8.08. The van der Waals surface area contributed by atoms with Gasteiger partial charge in [0.2, 0.25) is 5.95 Å². The molecule has 0 saturated carbocycles. The number of benzene rings is 1. The molecule has 0 spiro atoms. The van der Waals surface area contributed by atoms with Gasteiger partial charge >= 0.3 is 12.1 Å². The molecule has 2 rings (SSSR count). The SMILES string of the molecule is CC(C)(C)OC(=O)N[C@@H](CN(c1ccccc1)c1ncccn1)C(=O)O. The van der Waals surface area contributed by atoms with Gasteiger partial charge in [0, 0.05) is 18.1 Å². The molecule has 0 bridgehead atoms. The van der Waals surface area contributed by atoms with E-state index in [2.05, 4.69) is 15.3 Å². The van der Waals surface area contributed by atoms with Gasteiger partial charge < -0.3 is 20.1 Å². The number of nitrogens with one attached hydrogen (secondary N) is 1. The van der Waals surface area contributed by atoms with Crippen LogP contribution in [0.3, 0.4) is 0 Å². The minimum atomic E-state index is -1.21. The zero-order chi connectivity index (χ0) is 19.2. The molecule has 1 aromatic carbocycles. The Labute approximate surface area is 151 Å². The largest absolute Gasteiger partial charge is 0.480 e. The minimum absolute atomic E-state index is 0.0669. The van der Waals surface area contributed by atoms with E-state index in [0.717, 1.165) is 0 Å². The molecule has 1 atom stereocenters. The van der Waals surface area contributed by atoms with Gasteiger partial charge in [0.1, 0.15) is 11.6 Å². The van der Waals surface area contributed by atoms with Crippen LogP contribution in [0, 0.1) is 0 Å². The maximum absolute atomic E-state index is 12.0. The number of aliphatic carboxylic acids is 1. The summed E-state index contributed by atoms with van der Waals surface area (Å²) in [5.74, 6) is -0.858. The monoisotopic (exact) mass is 358 g/mol. The summed E-state index contributed by atoms with van der Waals surface area (Å²) < 4.78 is 5.15. The van der Waals surface area contributed by atoms with Crippen LogP contribution in [0.25, 0.3) is 0 Å². The summed E-state index contributed by atoms with van der Waals surface area (Å²) in [6, 6.07) is 9.56. The van der Waals surface area contributed by atoms with E-state index >= 15 is 0 Å². The number of amides is 1. The average Bonchev–Trinajstić information content (AvgIpc) is 2.58. The first-order valence-corrected chi connectivity index (χ1v) is 8.08. The summed E-state index contributed by atoms with van der Waals surface area (Å²) >= 11 is 0. The maximum Gasteiger partial charge on any atom is 0.408 e. The lowest BCUT2D eigenvalue weighted by atomic mass is 10.2. The lowest BCUT2D eigenvalue weighted by Crippen LogP contribution is -2.49. The topological polar surface area (TPSA) is 105 Å². The third-order valence-electron chi connectivity index (χ3n) is 3.22. The van der Waals surface area contributed by atoms with E-state index in [4.69, 9.17) is 4.74 Å². The molecule has 8 heteroatoms. The smallest absolute Gasteiger partial charge is 0.408 e. The Balaban J connectivity index is 2.24. The van der Waals surface area contributed by atoms with Gasteiger partial charge in [0.25, 0.3) is 0 Å². The second-order valence-corrected chi connectivity index (χ2v) is 6.53. The zero-order valence-corrected chi connectivity index (χ0v) is 14.9. The van der Waals surface area contributed by atoms with Crippen molar-refractivity contribution in [1.29, 1.82) is 0 Å². The molecule has 0 radical (unpaired) electrons. The van der Waals surface area contributed by atoms with Crippen LogP contribution in [-0.2, 0) is 9.53 Å². The Kier molecular flexibility index (Phi) is 6.11. The van der Waals surface area contributed by atoms with E-state index in [9.17, 15) is 14.7 Å². The molecule has 0 aliphatic heterocycles. The number of hydrogen-bond donors (Lipinski definition) is 2. The third-order valence-corrected chi connectivity index (χ3v) is 3.22. The number of carboxylic acid groups (broad SMARTS) is 1. The van der Waals surface area contributed by atoms with Crippen LogP contribution in [0.2, 0.25) is 0 Å². The van der Waals surface area contributed by atoms with Gasteiger partial charge in [-0.3, -0.25) is 0 Å². The summed E-state index contributed by atoms with van der Waals surface area (Å²) in [5.41, 5.74) is -0.0228. The van der Waals surface area contributed by atoms with Gasteiger partial charge in [-0.15, -0.1) is 0 Å². The van der Waals surface area contributed by atoms with E-state index in [1.807, 2.05) is 30.3 Å². The summed E-state index contributed by atoms with van der Waals surface area (Å²) in [6.45, 7) is 5.05. The molecule has 0 aliphatic carbocycles. The number of alkyl carbamates (subject to hydrolysis) is 1. The molecule has 2 N–H and O–H groups in total. The van der Waals surface area contributed by atoms with Crippen LogP contribution < -0.4 is 10.2 Å². The predicted octanol–water partition coefficient (Wildman–Crippen LogP) is 2.59. The molecule has 26 heavy (non-hydrogen) atoms. The number of para-hydroxylation sites is 1. The highest BCUT2D eigenvalue weighted by atomic mass is 16.6. The molecule has 138 valence electrons. The third kappa shape index (κ3) is 5.73. The van der Waals surface area contributed by atoms with E-state index in [0.29, 0.717) is 11.6 Å². The first-order chi connectivity index (χ1) is 12.3. The van der Waals surface area contributed by atoms with Gasteiger partial charge in [0.15, 0.2) is 0 Å². The number of carbonyl (C=O) groups is 2. The van der Waals surface area contributed by atoms with Crippen molar-refractivity contribution < 1.29 is 19.4 Å². The van der Waals surface area contributed by atoms with E-state index in [-0.39, 0.29) is 6.54 Å². The van der Waals surface area contributed by atoms with Crippen LogP contribution in [0.4, 0.5) is 16.4 Å². The zero-order valence-electron chi connectivity index (χ0n) is 14.9. The van der Waals surface area contributed by atoms with Crippen molar-refractivity contribution in [2.45, 2.75) is 32.4 Å². The maximum atomic E-state index is 12.0. The number of aromatic nitrogens is 2. The van der Waals surface area contributed by atoms with Crippen molar-refractivity contribution in [2.75, 3.05) is 11.4 Å². The number of rotatable bonds is 6. The molecule has 1 amide bonds. The van der Waals surface area contributed by atoms with E-state index < -0.39 is 23.7 Å². The van der Waals surface area contributed by atoms with Gasteiger partial charge in [-0.2, -0.15) is 0 Å². The Bertz CT molecular complexity index is 692. The van der Waals surface area contributed by atoms with Crippen LogP contribution in [-0.4, -0.2) is 45.3 Å². The van der Waals surface area contributed by atoms with E-state index in [1.54, 1.807) is 44.1 Å². The minimum Gasteiger partial charge on any atom is -0.480 e. The molecule has 0 fully saturated rings. The van der Waals surface area contributed by atoms with Crippen LogP contribution in [0.5, 0.6) is 0 Å². The lowest BCUT2D eigenvalue weighted by molar-refractivity contribution is -0.139. The van der Waals surface area contributed by atoms with Crippen molar-refractivity contribution in [2.24, 2.45) is 0 Å². The second-order valence-electron chi connectivity index (χ2n) is 6.53. The molecular weight excluding hydrogens is 336 g/mol. The van der Waals surface area contributed by atoms with Crippen molar-refractivity contribution in [3.63, 3.8) is 0 Å². The second kappa shape index (κ2) is 8.28. The summed E-state index contributed by atoms with van der Waals surface area (Å²) in [5, 5.41) is 11.9. The molecule has 1 heterocycles. The first kappa shape index (κ1) is 19.2. The summed E-state index contributed by atoms with van der Waals surface area (Å²) in [7, 11) is 0.